The predicted molar refractivity (Wildman–Crippen MR) is 56.0 cm³/mol. The molecule has 0 unspecified atom stereocenters. The first kappa shape index (κ1) is 11.8. The van der Waals surface area contributed by atoms with Gasteiger partial charge in [-0.3, -0.25) is 0 Å². The highest BCUT2D eigenvalue weighted by Crippen LogP contribution is 2.13. The van der Waals surface area contributed by atoms with Crippen molar-refractivity contribution in [1.82, 2.24) is 5.32 Å². The maximum Gasteiger partial charge on any atom is 0.426 e. The number of amides is 2. The molecule has 1 rings (SSSR count). The van der Waals surface area contributed by atoms with Crippen LogP contribution in [-0.4, -0.2) is 22.4 Å². The summed E-state index contributed by atoms with van der Waals surface area (Å²) >= 11 is 0. The van der Waals surface area contributed by atoms with E-state index >= 15 is 0 Å². The predicted octanol–water partition coefficient (Wildman–Crippen LogP) is 0.812. The van der Waals surface area contributed by atoms with Crippen LogP contribution in [0.1, 0.15) is 5.56 Å². The number of hydrazine groups is 1. The van der Waals surface area contributed by atoms with Crippen molar-refractivity contribution in [1.29, 1.82) is 0 Å². The summed E-state index contributed by atoms with van der Waals surface area (Å²) in [5.74, 6) is 5.26. The lowest BCUT2D eigenvalue weighted by Crippen LogP contribution is -2.36. The standard InChI is InChI=1S/C9H11N3O4/c10-12(9(15)16)7-3-1-2-6(4-7)5-11-8(13)14/h1-4,11H,5,10H2,(H,13,14)(H,15,16). The van der Waals surface area contributed by atoms with Crippen LogP contribution in [0.15, 0.2) is 24.3 Å². The molecule has 0 bridgehead atoms. The van der Waals surface area contributed by atoms with Gasteiger partial charge in [-0.2, -0.15) is 0 Å². The Morgan fingerprint density at radius 3 is 2.62 bits per heavy atom. The monoisotopic (exact) mass is 225 g/mol. The van der Waals surface area contributed by atoms with E-state index in [2.05, 4.69) is 5.32 Å². The van der Waals surface area contributed by atoms with E-state index in [1.165, 1.54) is 12.1 Å². The normalized spacial score (nSPS) is 9.56. The lowest BCUT2D eigenvalue weighted by atomic mass is 10.2. The molecule has 0 aliphatic heterocycles. The second kappa shape index (κ2) is 4.99. The molecule has 86 valence electrons. The van der Waals surface area contributed by atoms with Gasteiger partial charge in [-0.15, -0.1) is 0 Å². The summed E-state index contributed by atoms with van der Waals surface area (Å²) < 4.78 is 0. The molecule has 0 radical (unpaired) electrons. The van der Waals surface area contributed by atoms with Crippen LogP contribution in [0.2, 0.25) is 0 Å². The number of benzene rings is 1. The van der Waals surface area contributed by atoms with E-state index in [4.69, 9.17) is 16.1 Å². The highest BCUT2D eigenvalue weighted by Gasteiger charge is 2.09. The Bertz CT molecular complexity index is 407. The van der Waals surface area contributed by atoms with Crippen molar-refractivity contribution >= 4 is 17.9 Å². The molecule has 0 saturated carbocycles. The van der Waals surface area contributed by atoms with Crippen molar-refractivity contribution in [3.8, 4) is 0 Å². The topological polar surface area (TPSA) is 116 Å². The summed E-state index contributed by atoms with van der Waals surface area (Å²) in [6.07, 6.45) is -2.43. The van der Waals surface area contributed by atoms with Crippen LogP contribution in [0, 0.1) is 0 Å². The largest absolute Gasteiger partial charge is 0.465 e. The number of carbonyl (C=O) groups is 2. The number of nitrogens with two attached hydrogens (primary N) is 1. The maximum atomic E-state index is 10.6. The molecule has 0 aromatic heterocycles. The molecule has 1 aromatic rings. The van der Waals surface area contributed by atoms with Gasteiger partial charge in [0.25, 0.3) is 0 Å². The zero-order chi connectivity index (χ0) is 12.1. The van der Waals surface area contributed by atoms with Crippen LogP contribution in [0.3, 0.4) is 0 Å². The Balaban J connectivity index is 2.78. The molecule has 16 heavy (non-hydrogen) atoms. The van der Waals surface area contributed by atoms with Gasteiger partial charge in [-0.05, 0) is 17.7 Å². The number of carboxylic acid groups (broad SMARTS) is 2. The quantitative estimate of drug-likeness (QED) is 0.345. The number of hydrogen-bond acceptors (Lipinski definition) is 3. The summed E-state index contributed by atoms with van der Waals surface area (Å²) in [6.45, 7) is 0.0939. The smallest absolute Gasteiger partial charge is 0.426 e. The number of nitrogens with zero attached hydrogens (tertiary/aromatic N) is 1. The summed E-state index contributed by atoms with van der Waals surface area (Å²) in [5.41, 5.74) is 0.897. The summed E-state index contributed by atoms with van der Waals surface area (Å²) in [7, 11) is 0. The van der Waals surface area contributed by atoms with Crippen molar-refractivity contribution in [3.63, 3.8) is 0 Å². The van der Waals surface area contributed by atoms with Crippen molar-refractivity contribution in [2.24, 2.45) is 5.84 Å². The molecular formula is C9H11N3O4. The van der Waals surface area contributed by atoms with Crippen molar-refractivity contribution in [2.75, 3.05) is 5.01 Å². The van der Waals surface area contributed by atoms with E-state index in [0.717, 1.165) is 0 Å². The number of hydrogen-bond donors (Lipinski definition) is 4. The molecule has 0 fully saturated rings. The van der Waals surface area contributed by atoms with Crippen LogP contribution in [-0.2, 0) is 6.54 Å². The van der Waals surface area contributed by atoms with E-state index in [-0.39, 0.29) is 12.2 Å². The van der Waals surface area contributed by atoms with Gasteiger partial charge in [0.2, 0.25) is 0 Å². The minimum Gasteiger partial charge on any atom is -0.465 e. The zero-order valence-electron chi connectivity index (χ0n) is 8.25. The average Bonchev–Trinajstić information content (AvgIpc) is 2.25. The van der Waals surface area contributed by atoms with Crippen LogP contribution in [0.5, 0.6) is 0 Å². The molecular weight excluding hydrogens is 214 g/mol. The average molecular weight is 225 g/mol. The molecule has 0 spiro atoms. The summed E-state index contributed by atoms with van der Waals surface area (Å²) in [5, 5.41) is 19.8. The number of rotatable bonds is 3. The molecule has 5 N–H and O–H groups in total. The first-order valence-corrected chi connectivity index (χ1v) is 4.34. The lowest BCUT2D eigenvalue weighted by molar-refractivity contribution is 0.193. The van der Waals surface area contributed by atoms with Gasteiger partial charge in [0, 0.05) is 6.54 Å². The van der Waals surface area contributed by atoms with Gasteiger partial charge in [0.15, 0.2) is 0 Å². The molecule has 0 atom stereocenters. The highest BCUT2D eigenvalue weighted by molar-refractivity contribution is 5.84. The fraction of sp³-hybridized carbons (Fsp3) is 0.111. The zero-order valence-corrected chi connectivity index (χ0v) is 8.25. The van der Waals surface area contributed by atoms with Crippen molar-refractivity contribution < 1.29 is 19.8 Å². The lowest BCUT2D eigenvalue weighted by Gasteiger charge is -2.13. The Morgan fingerprint density at radius 1 is 1.38 bits per heavy atom. The second-order valence-electron chi connectivity index (χ2n) is 2.98. The molecule has 0 aliphatic carbocycles. The summed E-state index contributed by atoms with van der Waals surface area (Å²) in [6, 6.07) is 6.26. The third-order valence-corrected chi connectivity index (χ3v) is 1.84. The highest BCUT2D eigenvalue weighted by atomic mass is 16.4. The first-order chi connectivity index (χ1) is 7.50. The molecule has 1 aromatic carbocycles. The summed E-state index contributed by atoms with van der Waals surface area (Å²) in [4.78, 5) is 20.8. The fourth-order valence-electron chi connectivity index (χ4n) is 1.10. The van der Waals surface area contributed by atoms with E-state index < -0.39 is 12.2 Å². The first-order valence-electron chi connectivity index (χ1n) is 4.34. The van der Waals surface area contributed by atoms with E-state index in [1.54, 1.807) is 12.1 Å². The van der Waals surface area contributed by atoms with Gasteiger partial charge < -0.3 is 15.5 Å². The van der Waals surface area contributed by atoms with E-state index in [0.29, 0.717) is 10.6 Å². The molecule has 0 saturated heterocycles. The van der Waals surface area contributed by atoms with Gasteiger partial charge in [-0.1, -0.05) is 12.1 Å². The van der Waals surface area contributed by atoms with Gasteiger partial charge in [0.1, 0.15) is 0 Å². The minimum atomic E-state index is -1.29. The van der Waals surface area contributed by atoms with Gasteiger partial charge >= 0.3 is 12.2 Å². The van der Waals surface area contributed by atoms with Crippen LogP contribution < -0.4 is 16.2 Å². The fourth-order valence-corrected chi connectivity index (χ4v) is 1.10. The van der Waals surface area contributed by atoms with Gasteiger partial charge in [-0.25, -0.2) is 20.4 Å². The van der Waals surface area contributed by atoms with Crippen LogP contribution >= 0.6 is 0 Å². The molecule has 7 nitrogen and oxygen atoms in total. The van der Waals surface area contributed by atoms with E-state index in [9.17, 15) is 9.59 Å². The third-order valence-electron chi connectivity index (χ3n) is 1.84. The Labute approximate surface area is 91.1 Å². The maximum absolute atomic E-state index is 10.6. The molecule has 0 heterocycles. The second-order valence-corrected chi connectivity index (χ2v) is 2.98. The Kier molecular flexibility index (Phi) is 3.67. The van der Waals surface area contributed by atoms with Crippen LogP contribution in [0.4, 0.5) is 15.3 Å². The van der Waals surface area contributed by atoms with Crippen molar-refractivity contribution in [3.05, 3.63) is 29.8 Å². The number of nitrogens with one attached hydrogen (secondary N) is 1. The SMILES string of the molecule is NN(C(=O)O)c1cccc(CNC(=O)O)c1. The number of anilines is 1. The Hall–Kier alpha value is -2.28. The van der Waals surface area contributed by atoms with E-state index in [1.807, 2.05) is 0 Å². The third kappa shape index (κ3) is 3.14. The molecule has 7 heteroatoms. The molecule has 2 amide bonds. The van der Waals surface area contributed by atoms with Crippen molar-refractivity contribution in [2.45, 2.75) is 6.54 Å². The van der Waals surface area contributed by atoms with Crippen LogP contribution in [0.25, 0.3) is 0 Å². The minimum absolute atomic E-state index is 0.0939. The Morgan fingerprint density at radius 2 is 2.06 bits per heavy atom. The molecule has 0 aliphatic rings. The van der Waals surface area contributed by atoms with Gasteiger partial charge in [0.05, 0.1) is 5.69 Å².